The Balaban J connectivity index is 1.40. The Labute approximate surface area is 150 Å². The van der Waals surface area contributed by atoms with Gasteiger partial charge in [-0.3, -0.25) is 0 Å². The number of rotatable bonds is 5. The van der Waals surface area contributed by atoms with Gasteiger partial charge in [-0.15, -0.1) is 11.3 Å². The van der Waals surface area contributed by atoms with Gasteiger partial charge in [0, 0.05) is 21.9 Å². The molecule has 0 unspecified atom stereocenters. The first-order chi connectivity index (χ1) is 12.3. The van der Waals surface area contributed by atoms with Crippen LogP contribution in [0.25, 0.3) is 22.0 Å². The van der Waals surface area contributed by atoms with Gasteiger partial charge < -0.3 is 9.26 Å². The zero-order chi connectivity index (χ0) is 17.1. The molecule has 25 heavy (non-hydrogen) atoms. The summed E-state index contributed by atoms with van der Waals surface area (Å²) in [6.45, 7) is -0.0933. The number of carbonyl (C=O) groups excluding carboxylic acids is 1. The van der Waals surface area contributed by atoms with E-state index in [0.29, 0.717) is 5.82 Å². The van der Waals surface area contributed by atoms with Crippen LogP contribution in [0.1, 0.15) is 16.4 Å². The largest absolute Gasteiger partial charge is 0.451 e. The summed E-state index contributed by atoms with van der Waals surface area (Å²) in [5, 5.41) is 10.3. The summed E-state index contributed by atoms with van der Waals surface area (Å²) in [7, 11) is 0. The van der Waals surface area contributed by atoms with Crippen LogP contribution in [-0.2, 0) is 11.3 Å². The molecule has 4 rings (SSSR count). The highest BCUT2D eigenvalue weighted by molar-refractivity contribution is 7.14. The second-order valence-corrected chi connectivity index (χ2v) is 6.64. The van der Waals surface area contributed by atoms with Crippen molar-refractivity contribution in [3.63, 3.8) is 0 Å². The Morgan fingerprint density at radius 3 is 2.76 bits per heavy atom. The van der Waals surface area contributed by atoms with Crippen molar-refractivity contribution in [2.45, 2.75) is 6.61 Å². The smallest absolute Gasteiger partial charge is 0.358 e. The van der Waals surface area contributed by atoms with Crippen LogP contribution in [0.5, 0.6) is 0 Å². The lowest BCUT2D eigenvalue weighted by Gasteiger charge is -1.98. The number of thiophene rings is 1. The van der Waals surface area contributed by atoms with Crippen molar-refractivity contribution in [1.29, 1.82) is 0 Å². The number of hydrogen-bond donors (Lipinski definition) is 0. The number of hydrogen-bond acceptors (Lipinski definition) is 8. The highest BCUT2D eigenvalue weighted by atomic mass is 32.1. The predicted molar refractivity (Wildman–Crippen MR) is 94.3 cm³/mol. The van der Waals surface area contributed by atoms with Gasteiger partial charge >= 0.3 is 5.97 Å². The van der Waals surface area contributed by atoms with Crippen LogP contribution in [0, 0.1) is 0 Å². The van der Waals surface area contributed by atoms with E-state index in [2.05, 4.69) is 15.1 Å². The number of ether oxygens (including phenoxy) is 1. The number of aromatic nitrogens is 3. The predicted octanol–water partition coefficient (Wildman–Crippen LogP) is 4.28. The SMILES string of the molecule is O=C(OCc1nc(-c2ccccc2)no1)c1csc(-c2ccsc2)n1. The molecule has 0 spiro atoms. The van der Waals surface area contributed by atoms with Crippen LogP contribution in [0.4, 0.5) is 0 Å². The fraction of sp³-hybridized carbons (Fsp3) is 0.0588. The van der Waals surface area contributed by atoms with E-state index >= 15 is 0 Å². The molecule has 8 heteroatoms. The van der Waals surface area contributed by atoms with E-state index in [1.807, 2.05) is 47.2 Å². The minimum absolute atomic E-state index is 0.0933. The topological polar surface area (TPSA) is 78.1 Å². The van der Waals surface area contributed by atoms with Gasteiger partial charge in [-0.25, -0.2) is 9.78 Å². The second-order valence-electron chi connectivity index (χ2n) is 5.00. The molecule has 0 radical (unpaired) electrons. The lowest BCUT2D eigenvalue weighted by Crippen LogP contribution is -2.05. The maximum Gasteiger partial charge on any atom is 0.358 e. The molecule has 4 aromatic rings. The van der Waals surface area contributed by atoms with Crippen molar-refractivity contribution in [1.82, 2.24) is 15.1 Å². The Hall–Kier alpha value is -2.84. The lowest BCUT2D eigenvalue weighted by atomic mass is 10.2. The molecule has 0 bridgehead atoms. The fourth-order valence-corrected chi connectivity index (χ4v) is 3.61. The standard InChI is InChI=1S/C17H11N3O3S2/c21-17(13-10-25-16(18-13)12-6-7-24-9-12)22-8-14-19-15(20-23-14)11-4-2-1-3-5-11/h1-7,9-10H,8H2. The van der Waals surface area contributed by atoms with E-state index in [1.165, 1.54) is 11.3 Å². The van der Waals surface area contributed by atoms with Crippen LogP contribution in [0.15, 0.2) is 57.1 Å². The summed E-state index contributed by atoms with van der Waals surface area (Å²) in [5.74, 6) is 0.178. The van der Waals surface area contributed by atoms with E-state index in [0.717, 1.165) is 16.1 Å². The third-order valence-corrected chi connectivity index (χ3v) is 4.88. The van der Waals surface area contributed by atoms with E-state index < -0.39 is 5.97 Å². The number of benzene rings is 1. The lowest BCUT2D eigenvalue weighted by molar-refractivity contribution is 0.0424. The van der Waals surface area contributed by atoms with Gasteiger partial charge in [0.15, 0.2) is 12.3 Å². The average molecular weight is 369 g/mol. The van der Waals surface area contributed by atoms with Crippen molar-refractivity contribution in [3.05, 3.63) is 64.1 Å². The molecule has 0 aliphatic rings. The molecule has 3 aromatic heterocycles. The van der Waals surface area contributed by atoms with Gasteiger partial charge in [0.2, 0.25) is 5.82 Å². The van der Waals surface area contributed by atoms with E-state index in [1.54, 1.807) is 16.7 Å². The van der Waals surface area contributed by atoms with Crippen molar-refractivity contribution in [3.8, 4) is 22.0 Å². The molecule has 0 N–H and O–H groups in total. The van der Waals surface area contributed by atoms with E-state index in [4.69, 9.17) is 9.26 Å². The molecular weight excluding hydrogens is 358 g/mol. The molecule has 0 amide bonds. The van der Waals surface area contributed by atoms with Crippen LogP contribution in [0.3, 0.4) is 0 Å². The van der Waals surface area contributed by atoms with Crippen molar-refractivity contribution < 1.29 is 14.1 Å². The minimum atomic E-state index is -0.516. The third kappa shape index (κ3) is 3.49. The van der Waals surface area contributed by atoms with Gasteiger partial charge in [-0.1, -0.05) is 35.5 Å². The molecule has 6 nitrogen and oxygen atoms in total. The average Bonchev–Trinajstić information content (AvgIpc) is 3.41. The Bertz CT molecular complexity index is 978. The molecule has 124 valence electrons. The Kier molecular flexibility index (Phi) is 4.36. The quantitative estimate of drug-likeness (QED) is 0.489. The number of esters is 1. The maximum absolute atomic E-state index is 12.1. The van der Waals surface area contributed by atoms with Crippen molar-refractivity contribution >= 4 is 28.6 Å². The summed E-state index contributed by atoms with van der Waals surface area (Å²) in [6, 6.07) is 11.4. The first-order valence-corrected chi connectivity index (χ1v) is 9.15. The molecule has 0 atom stereocenters. The Morgan fingerprint density at radius 1 is 1.08 bits per heavy atom. The molecule has 3 heterocycles. The van der Waals surface area contributed by atoms with Crippen LogP contribution >= 0.6 is 22.7 Å². The summed E-state index contributed by atoms with van der Waals surface area (Å²) in [6.07, 6.45) is 0. The first kappa shape index (κ1) is 15.7. The van der Waals surface area contributed by atoms with Gasteiger partial charge in [-0.2, -0.15) is 16.3 Å². The molecule has 0 saturated carbocycles. The van der Waals surface area contributed by atoms with Crippen LogP contribution in [0.2, 0.25) is 0 Å². The molecule has 0 aliphatic heterocycles. The summed E-state index contributed by atoms with van der Waals surface area (Å²) >= 11 is 2.98. The molecule has 1 aromatic carbocycles. The molecule has 0 aliphatic carbocycles. The van der Waals surface area contributed by atoms with Crippen molar-refractivity contribution in [2.24, 2.45) is 0 Å². The number of carbonyl (C=O) groups is 1. The molecular formula is C17H11N3O3S2. The monoisotopic (exact) mass is 369 g/mol. The summed E-state index contributed by atoms with van der Waals surface area (Å²) < 4.78 is 10.3. The maximum atomic E-state index is 12.1. The highest BCUT2D eigenvalue weighted by Gasteiger charge is 2.16. The minimum Gasteiger partial charge on any atom is -0.451 e. The van der Waals surface area contributed by atoms with Gasteiger partial charge in [0.1, 0.15) is 5.01 Å². The van der Waals surface area contributed by atoms with Gasteiger partial charge in [-0.05, 0) is 11.4 Å². The third-order valence-electron chi connectivity index (χ3n) is 3.31. The number of nitrogens with zero attached hydrogens (tertiary/aromatic N) is 3. The van der Waals surface area contributed by atoms with Crippen molar-refractivity contribution in [2.75, 3.05) is 0 Å². The van der Waals surface area contributed by atoms with E-state index in [9.17, 15) is 4.79 Å². The fourth-order valence-electron chi connectivity index (χ4n) is 2.11. The summed E-state index contributed by atoms with van der Waals surface area (Å²) in [5.41, 5.74) is 2.11. The summed E-state index contributed by atoms with van der Waals surface area (Å²) in [4.78, 5) is 20.6. The van der Waals surface area contributed by atoms with Crippen LogP contribution in [-0.4, -0.2) is 21.1 Å². The Morgan fingerprint density at radius 2 is 1.96 bits per heavy atom. The second kappa shape index (κ2) is 6.96. The van der Waals surface area contributed by atoms with E-state index in [-0.39, 0.29) is 18.2 Å². The highest BCUT2D eigenvalue weighted by Crippen LogP contribution is 2.26. The van der Waals surface area contributed by atoms with Gasteiger partial charge in [0.05, 0.1) is 0 Å². The van der Waals surface area contributed by atoms with Crippen LogP contribution < -0.4 is 0 Å². The molecule has 0 fully saturated rings. The number of thiazole rings is 1. The zero-order valence-electron chi connectivity index (χ0n) is 12.8. The normalized spacial score (nSPS) is 10.7. The van der Waals surface area contributed by atoms with Gasteiger partial charge in [0.25, 0.3) is 5.89 Å². The first-order valence-electron chi connectivity index (χ1n) is 7.33. The molecule has 0 saturated heterocycles. The zero-order valence-corrected chi connectivity index (χ0v) is 14.4.